The van der Waals surface area contributed by atoms with E-state index in [0.29, 0.717) is 30.2 Å². The fourth-order valence-electron chi connectivity index (χ4n) is 2.18. The van der Waals surface area contributed by atoms with E-state index < -0.39 is 6.10 Å². The number of aliphatic hydroxyl groups excluding tert-OH is 1. The molecule has 0 bridgehead atoms. The second kappa shape index (κ2) is 8.90. The van der Waals surface area contributed by atoms with Crippen LogP contribution in [0, 0.1) is 0 Å². The monoisotopic (exact) mass is 330 g/mol. The Hall–Kier alpha value is -2.57. The van der Waals surface area contributed by atoms with Gasteiger partial charge in [-0.05, 0) is 17.7 Å². The van der Waals surface area contributed by atoms with Crippen molar-refractivity contribution in [1.82, 2.24) is 5.32 Å². The van der Waals surface area contributed by atoms with Gasteiger partial charge in [0.1, 0.15) is 18.1 Å². The molecule has 0 radical (unpaired) electrons. The minimum atomic E-state index is -0.776. The molecule has 0 heterocycles. The Bertz CT molecular complexity index is 661. The molecule has 2 aromatic rings. The largest absolute Gasteiger partial charge is 0.497 e. The van der Waals surface area contributed by atoms with Crippen molar-refractivity contribution in [3.63, 3.8) is 0 Å². The van der Waals surface area contributed by atoms with Crippen molar-refractivity contribution in [2.45, 2.75) is 6.10 Å². The Kier molecular flexibility index (Phi) is 6.60. The number of benzene rings is 2. The van der Waals surface area contributed by atoms with Crippen molar-refractivity contribution in [2.75, 3.05) is 26.8 Å². The van der Waals surface area contributed by atoms with Crippen molar-refractivity contribution >= 4 is 5.91 Å². The van der Waals surface area contributed by atoms with Gasteiger partial charge >= 0.3 is 0 Å². The van der Waals surface area contributed by atoms with E-state index in [1.807, 2.05) is 18.2 Å². The molecule has 0 saturated carbocycles. The summed E-state index contributed by atoms with van der Waals surface area (Å²) in [5, 5.41) is 12.8. The lowest BCUT2D eigenvalue weighted by Crippen LogP contribution is -2.29. The van der Waals surface area contributed by atoms with Gasteiger partial charge in [0.25, 0.3) is 5.91 Å². The summed E-state index contributed by atoms with van der Waals surface area (Å²) in [4.78, 5) is 12.4. The molecule has 4 N–H and O–H groups in total. The molecule has 0 saturated heterocycles. The van der Waals surface area contributed by atoms with E-state index in [9.17, 15) is 9.90 Å². The van der Waals surface area contributed by atoms with Crippen molar-refractivity contribution in [3.05, 3.63) is 59.7 Å². The first-order valence-electron chi connectivity index (χ1n) is 7.67. The van der Waals surface area contributed by atoms with Gasteiger partial charge in [0.15, 0.2) is 0 Å². The number of ether oxygens (including phenoxy) is 2. The highest BCUT2D eigenvalue weighted by atomic mass is 16.5. The summed E-state index contributed by atoms with van der Waals surface area (Å²) >= 11 is 0. The predicted octanol–water partition coefficient (Wildman–Crippen LogP) is 1.50. The van der Waals surface area contributed by atoms with Crippen LogP contribution in [-0.2, 0) is 0 Å². The normalized spacial score (nSPS) is 11.6. The fourth-order valence-corrected chi connectivity index (χ4v) is 2.18. The number of amides is 1. The molecule has 1 amide bonds. The maximum Gasteiger partial charge on any atom is 0.255 e. The number of hydrogen-bond acceptors (Lipinski definition) is 5. The molecule has 1 atom stereocenters. The Morgan fingerprint density at radius 2 is 2.00 bits per heavy atom. The molecule has 6 nitrogen and oxygen atoms in total. The highest BCUT2D eigenvalue weighted by Crippen LogP contribution is 2.25. The summed E-state index contributed by atoms with van der Waals surface area (Å²) in [5.41, 5.74) is 6.55. The van der Waals surface area contributed by atoms with Crippen molar-refractivity contribution in [2.24, 2.45) is 5.73 Å². The van der Waals surface area contributed by atoms with E-state index in [0.717, 1.165) is 5.56 Å². The van der Waals surface area contributed by atoms with Crippen molar-refractivity contribution in [3.8, 4) is 11.5 Å². The Morgan fingerprint density at radius 3 is 2.67 bits per heavy atom. The molecule has 0 aliphatic heterocycles. The first-order valence-corrected chi connectivity index (χ1v) is 7.67. The van der Waals surface area contributed by atoms with Gasteiger partial charge in [0, 0.05) is 19.2 Å². The Balaban J connectivity index is 2.05. The zero-order valence-electron chi connectivity index (χ0n) is 13.6. The zero-order chi connectivity index (χ0) is 17.4. The van der Waals surface area contributed by atoms with E-state index in [2.05, 4.69) is 5.32 Å². The van der Waals surface area contributed by atoms with Crippen LogP contribution >= 0.6 is 0 Å². The number of hydrogen-bond donors (Lipinski definition) is 3. The van der Waals surface area contributed by atoms with Gasteiger partial charge in [0.05, 0.1) is 18.8 Å². The van der Waals surface area contributed by atoms with Crippen LogP contribution in [0.15, 0.2) is 48.5 Å². The van der Waals surface area contributed by atoms with E-state index in [1.165, 1.54) is 7.11 Å². The smallest absolute Gasteiger partial charge is 0.255 e. The number of nitrogens with two attached hydrogens (primary N) is 1. The van der Waals surface area contributed by atoms with Crippen LogP contribution in [0.4, 0.5) is 0 Å². The van der Waals surface area contributed by atoms with E-state index in [4.69, 9.17) is 15.2 Å². The van der Waals surface area contributed by atoms with E-state index in [-0.39, 0.29) is 12.5 Å². The summed E-state index contributed by atoms with van der Waals surface area (Å²) in [6, 6.07) is 14.1. The van der Waals surface area contributed by atoms with Crippen LogP contribution in [0.3, 0.4) is 0 Å². The summed E-state index contributed by atoms with van der Waals surface area (Å²) in [7, 11) is 1.54. The summed E-state index contributed by atoms with van der Waals surface area (Å²) in [6.45, 7) is 0.732. The quantitative estimate of drug-likeness (QED) is 0.682. The molecule has 24 heavy (non-hydrogen) atoms. The molecule has 0 aliphatic rings. The molecular formula is C18H22N2O4. The van der Waals surface area contributed by atoms with Crippen LogP contribution in [0.25, 0.3) is 0 Å². The lowest BCUT2D eigenvalue weighted by molar-refractivity contribution is 0.0912. The second-order valence-corrected chi connectivity index (χ2v) is 5.14. The average Bonchev–Trinajstić information content (AvgIpc) is 2.64. The van der Waals surface area contributed by atoms with E-state index >= 15 is 0 Å². The Morgan fingerprint density at radius 1 is 1.25 bits per heavy atom. The van der Waals surface area contributed by atoms with Gasteiger partial charge in [-0.3, -0.25) is 4.79 Å². The third kappa shape index (κ3) is 4.71. The first kappa shape index (κ1) is 17.8. The van der Waals surface area contributed by atoms with Crippen molar-refractivity contribution < 1.29 is 19.4 Å². The summed E-state index contributed by atoms with van der Waals surface area (Å²) < 4.78 is 10.7. The number of rotatable bonds is 8. The predicted molar refractivity (Wildman–Crippen MR) is 91.3 cm³/mol. The van der Waals surface area contributed by atoms with Crippen LogP contribution < -0.4 is 20.5 Å². The van der Waals surface area contributed by atoms with Gasteiger partial charge in [-0.25, -0.2) is 0 Å². The zero-order valence-corrected chi connectivity index (χ0v) is 13.6. The molecule has 2 aromatic carbocycles. The second-order valence-electron chi connectivity index (χ2n) is 5.14. The summed E-state index contributed by atoms with van der Waals surface area (Å²) in [6.07, 6.45) is -0.776. The highest BCUT2D eigenvalue weighted by molar-refractivity contribution is 5.97. The van der Waals surface area contributed by atoms with Gasteiger partial charge in [-0.1, -0.05) is 30.3 Å². The molecule has 0 aliphatic carbocycles. The topological polar surface area (TPSA) is 93.8 Å². The van der Waals surface area contributed by atoms with Crippen LogP contribution in [0.1, 0.15) is 22.0 Å². The molecule has 2 rings (SSSR count). The molecule has 6 heteroatoms. The number of nitrogens with one attached hydrogen (secondary N) is 1. The lowest BCUT2D eigenvalue weighted by Gasteiger charge is -2.15. The maximum absolute atomic E-state index is 12.4. The molecule has 0 fully saturated rings. The van der Waals surface area contributed by atoms with Crippen LogP contribution in [0.5, 0.6) is 11.5 Å². The van der Waals surface area contributed by atoms with Gasteiger partial charge in [-0.2, -0.15) is 0 Å². The fraction of sp³-hybridized carbons (Fsp3) is 0.278. The molecular weight excluding hydrogens is 308 g/mol. The highest BCUT2D eigenvalue weighted by Gasteiger charge is 2.15. The number of carbonyl (C=O) groups excluding carboxylic acids is 1. The number of aliphatic hydroxyl groups is 1. The average molecular weight is 330 g/mol. The SMILES string of the molecule is COc1ccc(C(=O)NC[C@@H](O)c2ccccc2)c(OCCN)c1. The maximum atomic E-state index is 12.4. The minimum absolute atomic E-state index is 0.102. The van der Waals surface area contributed by atoms with Crippen LogP contribution in [0.2, 0.25) is 0 Å². The Labute approximate surface area is 141 Å². The van der Waals surface area contributed by atoms with Gasteiger partial charge in [-0.15, -0.1) is 0 Å². The molecule has 128 valence electrons. The molecule has 0 spiro atoms. The number of methoxy groups -OCH3 is 1. The minimum Gasteiger partial charge on any atom is -0.497 e. The lowest BCUT2D eigenvalue weighted by atomic mass is 10.1. The van der Waals surface area contributed by atoms with E-state index in [1.54, 1.807) is 30.3 Å². The van der Waals surface area contributed by atoms with Gasteiger partial charge < -0.3 is 25.6 Å². The summed E-state index contributed by atoms with van der Waals surface area (Å²) in [5.74, 6) is 0.647. The van der Waals surface area contributed by atoms with Crippen LogP contribution in [-0.4, -0.2) is 37.8 Å². The number of carbonyl (C=O) groups is 1. The third-order valence-electron chi connectivity index (χ3n) is 3.45. The molecule has 0 aromatic heterocycles. The molecule has 0 unspecified atom stereocenters. The van der Waals surface area contributed by atoms with Gasteiger partial charge in [0.2, 0.25) is 0 Å². The first-order chi connectivity index (χ1) is 11.7. The standard InChI is InChI=1S/C18H22N2O4/c1-23-14-7-8-15(17(11-14)24-10-9-19)18(22)20-12-16(21)13-5-3-2-4-6-13/h2-8,11,16,21H,9-10,12,19H2,1H3,(H,20,22)/t16-/m1/s1. The van der Waals surface area contributed by atoms with Crippen molar-refractivity contribution in [1.29, 1.82) is 0 Å². The third-order valence-corrected chi connectivity index (χ3v) is 3.45.